The van der Waals surface area contributed by atoms with Crippen LogP contribution in [0.4, 0.5) is 0 Å². The first-order valence-electron chi connectivity index (χ1n) is 4.91. The lowest BCUT2D eigenvalue weighted by atomic mass is 10.1. The molecular weight excluding hydrogens is 250 g/mol. The minimum absolute atomic E-state index is 0.198. The Bertz CT molecular complexity index is 303. The quantitative estimate of drug-likeness (QED) is 0.373. The van der Waals surface area contributed by atoms with Crippen molar-refractivity contribution in [3.8, 4) is 0 Å². The van der Waals surface area contributed by atoms with Crippen LogP contribution in [0.15, 0.2) is 0 Å². The van der Waals surface area contributed by atoms with Gasteiger partial charge in [-0.15, -0.1) is 11.8 Å². The highest BCUT2D eigenvalue weighted by Gasteiger charge is 2.34. The number of hydrogen-bond acceptors (Lipinski definition) is 7. The number of carbonyl (C=O) groups is 2. The lowest BCUT2D eigenvalue weighted by molar-refractivity contribution is -0.142. The summed E-state index contributed by atoms with van der Waals surface area (Å²) in [7, 11) is 0. The van der Waals surface area contributed by atoms with Gasteiger partial charge in [-0.25, -0.2) is 0 Å². The number of carboxylic acid groups (broad SMARTS) is 2. The van der Waals surface area contributed by atoms with Gasteiger partial charge in [0.1, 0.15) is 18.2 Å². The van der Waals surface area contributed by atoms with E-state index in [1.165, 1.54) is 11.8 Å². The van der Waals surface area contributed by atoms with Crippen molar-refractivity contribution < 1.29 is 24.6 Å². The van der Waals surface area contributed by atoms with Gasteiger partial charge in [-0.2, -0.15) is 5.48 Å². The van der Waals surface area contributed by atoms with Gasteiger partial charge in [0.2, 0.25) is 0 Å². The largest absolute Gasteiger partial charge is 0.480 e. The Morgan fingerprint density at radius 2 is 2.06 bits per heavy atom. The molecule has 0 aromatic rings. The molecule has 98 valence electrons. The van der Waals surface area contributed by atoms with E-state index in [-0.39, 0.29) is 11.1 Å². The van der Waals surface area contributed by atoms with Crippen LogP contribution in [0.1, 0.15) is 6.42 Å². The molecule has 1 heterocycles. The first-order chi connectivity index (χ1) is 7.91. The summed E-state index contributed by atoms with van der Waals surface area (Å²) in [6, 6.07) is -2.05. The number of hydrogen-bond donors (Lipinski definition) is 5. The lowest BCUT2D eigenvalue weighted by Crippen LogP contribution is -2.41. The van der Waals surface area contributed by atoms with Crippen LogP contribution in [0.25, 0.3) is 0 Å². The van der Waals surface area contributed by atoms with E-state index in [0.29, 0.717) is 6.42 Å². The first kappa shape index (κ1) is 14.2. The smallest absolute Gasteiger partial charge is 0.323 e. The van der Waals surface area contributed by atoms with Gasteiger partial charge in [0.25, 0.3) is 0 Å². The van der Waals surface area contributed by atoms with E-state index in [2.05, 4.69) is 5.48 Å². The summed E-state index contributed by atoms with van der Waals surface area (Å²) in [5, 5.41) is 17.1. The summed E-state index contributed by atoms with van der Waals surface area (Å²) >= 11 is 1.26. The third-order valence-corrected chi connectivity index (χ3v) is 3.52. The van der Waals surface area contributed by atoms with Crippen molar-refractivity contribution in [2.45, 2.75) is 30.0 Å². The Labute approximate surface area is 102 Å². The average molecular weight is 265 g/mol. The fraction of sp³-hybridized carbons (Fsp3) is 0.750. The van der Waals surface area contributed by atoms with E-state index in [1.807, 2.05) is 0 Å². The van der Waals surface area contributed by atoms with Gasteiger partial charge in [-0.3, -0.25) is 14.4 Å². The predicted octanol–water partition coefficient (Wildman–Crippen LogP) is -1.84. The number of nitrogens with one attached hydrogen (secondary N) is 1. The highest BCUT2D eigenvalue weighted by molar-refractivity contribution is 7.99. The zero-order valence-corrected chi connectivity index (χ0v) is 9.72. The van der Waals surface area contributed by atoms with E-state index < -0.39 is 30.1 Å². The van der Waals surface area contributed by atoms with Crippen molar-refractivity contribution in [3.05, 3.63) is 0 Å². The van der Waals surface area contributed by atoms with Gasteiger partial charge in [0.05, 0.1) is 5.37 Å². The Morgan fingerprint density at radius 1 is 1.41 bits per heavy atom. The SMILES string of the molecule is N[C@H](C(=O)O)C1C[C@@H](SC[C@H](N)C(=O)O)NO1. The molecule has 8 nitrogen and oxygen atoms in total. The molecule has 1 fully saturated rings. The average Bonchev–Trinajstić information content (AvgIpc) is 2.72. The number of aliphatic carboxylic acids is 2. The van der Waals surface area contributed by atoms with Gasteiger partial charge in [0.15, 0.2) is 0 Å². The molecule has 0 radical (unpaired) electrons. The Hall–Kier alpha value is -0.870. The molecule has 0 amide bonds. The van der Waals surface area contributed by atoms with E-state index in [9.17, 15) is 9.59 Å². The molecule has 17 heavy (non-hydrogen) atoms. The highest BCUT2D eigenvalue weighted by atomic mass is 32.2. The summed E-state index contributed by atoms with van der Waals surface area (Å²) in [5.41, 5.74) is 13.3. The molecule has 0 bridgehead atoms. The molecular formula is C8H15N3O5S. The second-order valence-corrected chi connectivity index (χ2v) is 4.88. The topological polar surface area (TPSA) is 148 Å². The lowest BCUT2D eigenvalue weighted by Gasteiger charge is -2.12. The molecule has 1 rings (SSSR count). The fourth-order valence-electron chi connectivity index (χ4n) is 1.24. The summed E-state index contributed by atoms with van der Waals surface area (Å²) in [6.07, 6.45) is -0.226. The molecule has 4 atom stereocenters. The van der Waals surface area contributed by atoms with Crippen molar-refractivity contribution >= 4 is 23.7 Å². The molecule has 7 N–H and O–H groups in total. The van der Waals surface area contributed by atoms with Gasteiger partial charge < -0.3 is 21.7 Å². The molecule has 0 aliphatic carbocycles. The van der Waals surface area contributed by atoms with Gasteiger partial charge in [0, 0.05) is 12.2 Å². The van der Waals surface area contributed by atoms with Crippen molar-refractivity contribution in [1.82, 2.24) is 5.48 Å². The van der Waals surface area contributed by atoms with Crippen LogP contribution in [-0.4, -0.2) is 51.5 Å². The third-order valence-electron chi connectivity index (χ3n) is 2.28. The minimum Gasteiger partial charge on any atom is -0.480 e. The molecule has 0 aromatic carbocycles. The number of thioether (sulfide) groups is 1. The van der Waals surface area contributed by atoms with Crippen LogP contribution >= 0.6 is 11.8 Å². The summed E-state index contributed by atoms with van der Waals surface area (Å²) < 4.78 is 0. The van der Waals surface area contributed by atoms with Crippen molar-refractivity contribution in [3.63, 3.8) is 0 Å². The van der Waals surface area contributed by atoms with Crippen LogP contribution in [0, 0.1) is 0 Å². The fourth-order valence-corrected chi connectivity index (χ4v) is 2.27. The second kappa shape index (κ2) is 6.17. The summed E-state index contributed by atoms with van der Waals surface area (Å²) in [5.74, 6) is -1.99. The molecule has 1 saturated heterocycles. The van der Waals surface area contributed by atoms with Crippen LogP contribution in [0.3, 0.4) is 0 Å². The number of carboxylic acids is 2. The van der Waals surface area contributed by atoms with Gasteiger partial charge in [-0.1, -0.05) is 0 Å². The molecule has 1 unspecified atom stereocenters. The first-order valence-corrected chi connectivity index (χ1v) is 5.96. The molecule has 0 saturated carbocycles. The third kappa shape index (κ3) is 4.13. The molecule has 0 spiro atoms. The summed E-state index contributed by atoms with van der Waals surface area (Å²) in [6.45, 7) is 0. The maximum absolute atomic E-state index is 10.6. The number of rotatable bonds is 6. The molecule has 9 heteroatoms. The zero-order valence-electron chi connectivity index (χ0n) is 8.91. The number of hydroxylamine groups is 1. The standard InChI is InChI=1S/C8H15N3O5S/c9-3(7(12)13)2-17-5-1-4(16-11-5)6(10)8(14)15/h3-6,11H,1-2,9-10H2,(H,12,13)(H,14,15)/t3-,4?,5+,6-/m0/s1. The maximum atomic E-state index is 10.6. The Balaban J connectivity index is 2.31. The van der Waals surface area contributed by atoms with E-state index in [0.717, 1.165) is 0 Å². The molecule has 1 aliphatic heterocycles. The van der Waals surface area contributed by atoms with E-state index in [1.54, 1.807) is 0 Å². The van der Waals surface area contributed by atoms with Gasteiger partial charge >= 0.3 is 11.9 Å². The van der Waals surface area contributed by atoms with Crippen LogP contribution in [0.5, 0.6) is 0 Å². The summed E-state index contributed by atoms with van der Waals surface area (Å²) in [4.78, 5) is 26.1. The Kier molecular flexibility index (Phi) is 5.15. The molecule has 1 aliphatic rings. The van der Waals surface area contributed by atoms with E-state index >= 15 is 0 Å². The minimum atomic E-state index is -1.13. The van der Waals surface area contributed by atoms with E-state index in [4.69, 9.17) is 26.5 Å². The van der Waals surface area contributed by atoms with Crippen LogP contribution in [0.2, 0.25) is 0 Å². The number of nitrogens with two attached hydrogens (primary N) is 2. The second-order valence-electron chi connectivity index (χ2n) is 3.64. The van der Waals surface area contributed by atoms with Gasteiger partial charge in [-0.05, 0) is 0 Å². The molecule has 0 aromatic heterocycles. The van der Waals surface area contributed by atoms with Crippen LogP contribution in [-0.2, 0) is 14.4 Å². The Morgan fingerprint density at radius 3 is 2.59 bits per heavy atom. The van der Waals surface area contributed by atoms with Crippen molar-refractivity contribution in [2.75, 3.05) is 5.75 Å². The normalized spacial score (nSPS) is 27.6. The maximum Gasteiger partial charge on any atom is 0.323 e. The van der Waals surface area contributed by atoms with Crippen molar-refractivity contribution in [1.29, 1.82) is 0 Å². The predicted molar refractivity (Wildman–Crippen MR) is 60.1 cm³/mol. The monoisotopic (exact) mass is 265 g/mol. The highest BCUT2D eigenvalue weighted by Crippen LogP contribution is 2.22. The zero-order chi connectivity index (χ0) is 13.0. The van der Waals surface area contributed by atoms with Crippen LogP contribution < -0.4 is 16.9 Å². The van der Waals surface area contributed by atoms with Crippen molar-refractivity contribution in [2.24, 2.45) is 11.5 Å².